The maximum atomic E-state index is 4.99. The number of thiophene rings is 1. The molecule has 0 aliphatic heterocycles. The lowest BCUT2D eigenvalue weighted by molar-refractivity contribution is 1.07. The zero-order valence-electron chi connectivity index (χ0n) is 32.7. The van der Waals surface area contributed by atoms with Gasteiger partial charge < -0.3 is 0 Å². The van der Waals surface area contributed by atoms with Crippen molar-refractivity contribution < 1.29 is 0 Å². The van der Waals surface area contributed by atoms with Gasteiger partial charge in [0.25, 0.3) is 0 Å². The van der Waals surface area contributed by atoms with Crippen LogP contribution < -0.4 is 0 Å². The highest BCUT2D eigenvalue weighted by Gasteiger charge is 2.16. The van der Waals surface area contributed by atoms with Crippen molar-refractivity contribution in [2.45, 2.75) is 0 Å². The van der Waals surface area contributed by atoms with Crippen molar-refractivity contribution in [2.75, 3.05) is 0 Å². The summed E-state index contributed by atoms with van der Waals surface area (Å²) < 4.78 is 2.48. The van der Waals surface area contributed by atoms with E-state index in [4.69, 9.17) is 29.9 Å². The Morgan fingerprint density at radius 1 is 0.213 bits per heavy atom. The molecule has 0 aliphatic rings. The molecule has 3 aromatic heterocycles. The van der Waals surface area contributed by atoms with E-state index < -0.39 is 0 Å². The van der Waals surface area contributed by atoms with E-state index >= 15 is 0 Å². The van der Waals surface area contributed by atoms with E-state index in [1.807, 2.05) is 133 Å². The molecule has 0 spiro atoms. The first-order valence-electron chi connectivity index (χ1n) is 20.1. The maximum Gasteiger partial charge on any atom is 0.164 e. The molecular weight excluding hydrogens is 765 g/mol. The molecule has 0 unspecified atom stereocenters. The Hall–Kier alpha value is -8.00. The minimum Gasteiger partial charge on any atom is -0.208 e. The lowest BCUT2D eigenvalue weighted by Gasteiger charge is -2.10. The third kappa shape index (κ3) is 7.24. The van der Waals surface area contributed by atoms with Crippen LogP contribution in [-0.4, -0.2) is 29.9 Å². The first-order chi connectivity index (χ1) is 30.2. The van der Waals surface area contributed by atoms with Crippen LogP contribution in [0.4, 0.5) is 0 Å². The van der Waals surface area contributed by atoms with E-state index in [1.54, 1.807) is 0 Å². The molecule has 0 fully saturated rings. The van der Waals surface area contributed by atoms with E-state index in [-0.39, 0.29) is 0 Å². The number of hydrogen-bond acceptors (Lipinski definition) is 7. The predicted octanol–water partition coefficient (Wildman–Crippen LogP) is 13.8. The van der Waals surface area contributed by atoms with E-state index in [0.29, 0.717) is 34.9 Å². The van der Waals surface area contributed by atoms with Gasteiger partial charge in [0.1, 0.15) is 0 Å². The Labute approximate surface area is 356 Å². The first-order valence-corrected chi connectivity index (χ1v) is 20.9. The Balaban J connectivity index is 0.962. The molecule has 61 heavy (non-hydrogen) atoms. The van der Waals surface area contributed by atoms with Gasteiger partial charge in [-0.1, -0.05) is 170 Å². The van der Waals surface area contributed by atoms with Gasteiger partial charge in [0.2, 0.25) is 0 Å². The Bertz CT molecular complexity index is 3010. The van der Waals surface area contributed by atoms with Gasteiger partial charge in [-0.05, 0) is 58.7 Å². The molecule has 11 aromatic rings. The fourth-order valence-electron chi connectivity index (χ4n) is 7.69. The molecule has 3 heterocycles. The molecule has 286 valence electrons. The van der Waals surface area contributed by atoms with Gasteiger partial charge in [-0.2, -0.15) is 0 Å². The van der Waals surface area contributed by atoms with Crippen molar-refractivity contribution in [3.8, 4) is 90.6 Å². The molecule has 7 heteroatoms. The lowest BCUT2D eigenvalue weighted by Crippen LogP contribution is -2.00. The molecule has 6 nitrogen and oxygen atoms in total. The second-order valence-electron chi connectivity index (χ2n) is 14.8. The summed E-state index contributed by atoms with van der Waals surface area (Å²) in [7, 11) is 0. The molecule has 0 radical (unpaired) electrons. The highest BCUT2D eigenvalue weighted by molar-refractivity contribution is 7.25. The zero-order chi connectivity index (χ0) is 40.5. The quantitative estimate of drug-likeness (QED) is 0.152. The molecule has 0 saturated heterocycles. The number of aromatic nitrogens is 6. The molecule has 0 bridgehead atoms. The van der Waals surface area contributed by atoms with Gasteiger partial charge in [-0.25, -0.2) is 29.9 Å². The Morgan fingerprint density at radius 3 is 0.803 bits per heavy atom. The monoisotopic (exact) mass is 798 g/mol. The Morgan fingerprint density at radius 2 is 0.475 bits per heavy atom. The summed E-state index contributed by atoms with van der Waals surface area (Å²) in [5, 5.41) is 2.44. The second kappa shape index (κ2) is 15.6. The molecule has 11 rings (SSSR count). The van der Waals surface area contributed by atoms with E-state index in [0.717, 1.165) is 55.6 Å². The van der Waals surface area contributed by atoms with Gasteiger partial charge in [0, 0.05) is 53.6 Å². The van der Waals surface area contributed by atoms with Crippen LogP contribution in [0.25, 0.3) is 111 Å². The average molecular weight is 799 g/mol. The minimum absolute atomic E-state index is 0.633. The summed E-state index contributed by atoms with van der Waals surface area (Å²) in [6, 6.07) is 70.8. The summed E-state index contributed by atoms with van der Waals surface area (Å²) in [6.07, 6.45) is 0. The van der Waals surface area contributed by atoms with Crippen LogP contribution in [0.15, 0.2) is 206 Å². The lowest BCUT2D eigenvalue weighted by atomic mass is 9.98. The van der Waals surface area contributed by atoms with Crippen molar-refractivity contribution in [1.82, 2.24) is 29.9 Å². The molecule has 0 amide bonds. The fraction of sp³-hybridized carbons (Fsp3) is 0. The van der Waals surface area contributed by atoms with E-state index in [9.17, 15) is 0 Å². The van der Waals surface area contributed by atoms with Crippen LogP contribution in [0.3, 0.4) is 0 Å². The number of hydrogen-bond donors (Lipinski definition) is 0. The van der Waals surface area contributed by atoms with Crippen molar-refractivity contribution in [3.63, 3.8) is 0 Å². The highest BCUT2D eigenvalue weighted by atomic mass is 32.1. The van der Waals surface area contributed by atoms with Gasteiger partial charge in [-0.15, -0.1) is 11.3 Å². The summed E-state index contributed by atoms with van der Waals surface area (Å²) in [6.45, 7) is 0. The fourth-order valence-corrected chi connectivity index (χ4v) is 8.75. The van der Waals surface area contributed by atoms with Crippen LogP contribution in [0.1, 0.15) is 0 Å². The highest BCUT2D eigenvalue weighted by Crippen LogP contribution is 2.39. The summed E-state index contributed by atoms with van der Waals surface area (Å²) >= 11 is 1.81. The normalized spacial score (nSPS) is 11.3. The number of benzene rings is 8. The second-order valence-corrected chi connectivity index (χ2v) is 15.8. The van der Waals surface area contributed by atoms with Crippen LogP contribution in [0.2, 0.25) is 0 Å². The van der Waals surface area contributed by atoms with E-state index in [1.165, 1.54) is 20.2 Å². The summed E-state index contributed by atoms with van der Waals surface area (Å²) in [4.78, 5) is 29.7. The SMILES string of the molecule is c1ccc(-c2nc(-c3ccccc3)nc(-c3cccc(-c4ccc5sc6ccc(-c7cccc(-c8nc(-c9ccccc9)nc(-c9ccccc9)n8)c7)cc6c5c4)c3)n2)cc1. The van der Waals surface area contributed by atoms with Gasteiger partial charge in [-0.3, -0.25) is 0 Å². The largest absolute Gasteiger partial charge is 0.208 e. The van der Waals surface area contributed by atoms with Gasteiger partial charge in [0.15, 0.2) is 34.9 Å². The van der Waals surface area contributed by atoms with Crippen molar-refractivity contribution >= 4 is 31.5 Å². The Kier molecular flexibility index (Phi) is 9.26. The van der Waals surface area contributed by atoms with Crippen molar-refractivity contribution in [3.05, 3.63) is 206 Å². The van der Waals surface area contributed by atoms with Crippen LogP contribution in [-0.2, 0) is 0 Å². The third-order valence-corrected chi connectivity index (χ3v) is 11.9. The third-order valence-electron chi connectivity index (χ3n) is 10.8. The van der Waals surface area contributed by atoms with Crippen molar-refractivity contribution in [1.29, 1.82) is 0 Å². The van der Waals surface area contributed by atoms with Crippen LogP contribution >= 0.6 is 11.3 Å². The average Bonchev–Trinajstić information content (AvgIpc) is 3.72. The number of nitrogens with zero attached hydrogens (tertiary/aromatic N) is 6. The zero-order valence-corrected chi connectivity index (χ0v) is 33.5. The van der Waals surface area contributed by atoms with Gasteiger partial charge in [0.05, 0.1) is 0 Å². The molecule has 8 aromatic carbocycles. The van der Waals surface area contributed by atoms with Gasteiger partial charge >= 0.3 is 0 Å². The molecule has 0 saturated carbocycles. The number of rotatable bonds is 8. The predicted molar refractivity (Wildman–Crippen MR) is 250 cm³/mol. The topological polar surface area (TPSA) is 77.3 Å². The minimum atomic E-state index is 0.633. The van der Waals surface area contributed by atoms with E-state index in [2.05, 4.69) is 84.9 Å². The first kappa shape index (κ1) is 36.1. The standard InChI is InChI=1S/C54H34N6S/c1-5-15-35(16-6-1)49-55-50(36-17-7-2-8-18-36)58-53(57-49)43-25-13-23-39(31-43)41-27-29-47-45(33-41)46-34-42(28-30-48(46)61-47)40-24-14-26-44(32-40)54-59-51(37-19-9-3-10-20-37)56-52(60-54)38-21-11-4-12-22-38/h1-34H. The smallest absolute Gasteiger partial charge is 0.164 e. The van der Waals surface area contributed by atoms with Crippen molar-refractivity contribution in [2.24, 2.45) is 0 Å². The molecule has 0 N–H and O–H groups in total. The van der Waals surface area contributed by atoms with Crippen LogP contribution in [0, 0.1) is 0 Å². The summed E-state index contributed by atoms with van der Waals surface area (Å²) in [5.41, 5.74) is 10.1. The molecule has 0 atom stereocenters. The van der Waals surface area contributed by atoms with Crippen LogP contribution in [0.5, 0.6) is 0 Å². The summed E-state index contributed by atoms with van der Waals surface area (Å²) in [5.74, 6) is 3.84. The maximum absolute atomic E-state index is 4.99. The number of fused-ring (bicyclic) bond motifs is 3. The molecular formula is C54H34N6S. The molecule has 0 aliphatic carbocycles.